The first-order valence-corrected chi connectivity index (χ1v) is 6.85. The maximum atomic E-state index is 8.81. The standard InChI is InChI=1S/C14H17N3OS/c1-17(10-12-6-4-8-19-12)9-11-5-2-3-7-13(11)14(15)16-18/h2-8,18H,9-10H2,1H3,(H2,15,16). The average Bonchev–Trinajstić information content (AvgIpc) is 2.91. The fourth-order valence-electron chi connectivity index (χ4n) is 1.98. The SMILES string of the molecule is CN(Cc1cccs1)Cc1ccccc1/C(N)=N/O. The van der Waals surface area contributed by atoms with Gasteiger partial charge in [0, 0.05) is 23.5 Å². The number of amidine groups is 1. The van der Waals surface area contributed by atoms with Crippen molar-refractivity contribution in [2.24, 2.45) is 10.9 Å². The van der Waals surface area contributed by atoms with Crippen molar-refractivity contribution in [1.29, 1.82) is 0 Å². The predicted octanol–water partition coefficient (Wildman–Crippen LogP) is 2.47. The Labute approximate surface area is 116 Å². The Morgan fingerprint density at radius 2 is 2.05 bits per heavy atom. The molecule has 0 saturated carbocycles. The van der Waals surface area contributed by atoms with Crippen LogP contribution in [-0.2, 0) is 13.1 Å². The van der Waals surface area contributed by atoms with Gasteiger partial charge in [-0.15, -0.1) is 11.3 Å². The molecule has 0 unspecified atom stereocenters. The van der Waals surface area contributed by atoms with Crippen LogP contribution in [0.2, 0.25) is 0 Å². The van der Waals surface area contributed by atoms with Crippen LogP contribution in [0.5, 0.6) is 0 Å². The molecule has 19 heavy (non-hydrogen) atoms. The summed E-state index contributed by atoms with van der Waals surface area (Å²) >= 11 is 1.75. The summed E-state index contributed by atoms with van der Waals surface area (Å²) in [6.07, 6.45) is 0. The minimum Gasteiger partial charge on any atom is -0.409 e. The molecular formula is C14H17N3OS. The van der Waals surface area contributed by atoms with Crippen LogP contribution in [0.25, 0.3) is 0 Å². The van der Waals surface area contributed by atoms with E-state index in [1.54, 1.807) is 11.3 Å². The Bertz CT molecular complexity index is 552. The van der Waals surface area contributed by atoms with Crippen molar-refractivity contribution >= 4 is 17.2 Å². The van der Waals surface area contributed by atoms with E-state index < -0.39 is 0 Å². The molecule has 0 bridgehead atoms. The van der Waals surface area contributed by atoms with E-state index in [0.29, 0.717) is 0 Å². The zero-order valence-corrected chi connectivity index (χ0v) is 11.6. The van der Waals surface area contributed by atoms with Crippen molar-refractivity contribution in [3.63, 3.8) is 0 Å². The van der Waals surface area contributed by atoms with Gasteiger partial charge in [0.05, 0.1) is 0 Å². The van der Waals surface area contributed by atoms with Gasteiger partial charge >= 0.3 is 0 Å². The van der Waals surface area contributed by atoms with Gasteiger partial charge in [0.2, 0.25) is 0 Å². The molecule has 2 aromatic rings. The molecule has 4 nitrogen and oxygen atoms in total. The molecule has 0 aliphatic heterocycles. The maximum absolute atomic E-state index is 8.81. The lowest BCUT2D eigenvalue weighted by Crippen LogP contribution is -2.21. The fourth-order valence-corrected chi connectivity index (χ4v) is 2.76. The van der Waals surface area contributed by atoms with Crippen LogP contribution in [0.1, 0.15) is 16.0 Å². The molecule has 1 aromatic carbocycles. The maximum Gasteiger partial charge on any atom is 0.170 e. The molecule has 5 heteroatoms. The van der Waals surface area contributed by atoms with Gasteiger partial charge in [0.1, 0.15) is 0 Å². The molecule has 3 N–H and O–H groups in total. The van der Waals surface area contributed by atoms with Gasteiger partial charge in [0.15, 0.2) is 5.84 Å². The van der Waals surface area contributed by atoms with Gasteiger partial charge in [-0.05, 0) is 24.1 Å². The molecular weight excluding hydrogens is 258 g/mol. The van der Waals surface area contributed by atoms with E-state index in [1.807, 2.05) is 24.3 Å². The molecule has 0 amide bonds. The van der Waals surface area contributed by atoms with E-state index >= 15 is 0 Å². The molecule has 0 radical (unpaired) electrons. The molecule has 0 saturated heterocycles. The van der Waals surface area contributed by atoms with Crippen LogP contribution >= 0.6 is 11.3 Å². The summed E-state index contributed by atoms with van der Waals surface area (Å²) in [7, 11) is 2.06. The third-order valence-corrected chi connectivity index (χ3v) is 3.71. The smallest absolute Gasteiger partial charge is 0.170 e. The van der Waals surface area contributed by atoms with Gasteiger partial charge in [-0.2, -0.15) is 0 Å². The number of rotatable bonds is 5. The second kappa shape index (κ2) is 6.36. The Morgan fingerprint density at radius 1 is 1.26 bits per heavy atom. The van der Waals surface area contributed by atoms with E-state index in [0.717, 1.165) is 24.2 Å². The first-order valence-electron chi connectivity index (χ1n) is 5.97. The quantitative estimate of drug-likeness (QED) is 0.381. The number of hydrogen-bond donors (Lipinski definition) is 2. The molecule has 100 valence electrons. The summed E-state index contributed by atoms with van der Waals surface area (Å²) < 4.78 is 0. The molecule has 1 aromatic heterocycles. The van der Waals surface area contributed by atoms with Crippen LogP contribution in [0, 0.1) is 0 Å². The monoisotopic (exact) mass is 275 g/mol. The molecule has 1 heterocycles. The summed E-state index contributed by atoms with van der Waals surface area (Å²) in [5.41, 5.74) is 7.52. The predicted molar refractivity (Wildman–Crippen MR) is 78.4 cm³/mol. The normalized spacial score (nSPS) is 12.0. The first-order chi connectivity index (χ1) is 9.20. The Kier molecular flexibility index (Phi) is 4.54. The number of nitrogens with two attached hydrogens (primary N) is 1. The van der Waals surface area contributed by atoms with Crippen LogP contribution in [0.15, 0.2) is 46.9 Å². The van der Waals surface area contributed by atoms with Crippen molar-refractivity contribution in [2.75, 3.05) is 7.05 Å². The zero-order valence-electron chi connectivity index (χ0n) is 10.8. The Morgan fingerprint density at radius 3 is 2.74 bits per heavy atom. The highest BCUT2D eigenvalue weighted by Crippen LogP contribution is 2.15. The largest absolute Gasteiger partial charge is 0.409 e. The molecule has 0 aliphatic carbocycles. The van der Waals surface area contributed by atoms with E-state index in [-0.39, 0.29) is 5.84 Å². The van der Waals surface area contributed by atoms with E-state index in [9.17, 15) is 0 Å². The second-order valence-corrected chi connectivity index (χ2v) is 5.43. The highest BCUT2D eigenvalue weighted by molar-refractivity contribution is 7.09. The highest BCUT2D eigenvalue weighted by atomic mass is 32.1. The van der Waals surface area contributed by atoms with Crippen molar-refractivity contribution in [1.82, 2.24) is 4.90 Å². The van der Waals surface area contributed by atoms with Crippen molar-refractivity contribution in [3.8, 4) is 0 Å². The van der Waals surface area contributed by atoms with Gasteiger partial charge in [-0.3, -0.25) is 4.90 Å². The fraction of sp³-hybridized carbons (Fsp3) is 0.214. The summed E-state index contributed by atoms with van der Waals surface area (Å²) in [5.74, 6) is 0.153. The summed E-state index contributed by atoms with van der Waals surface area (Å²) in [4.78, 5) is 3.53. The number of thiophene rings is 1. The number of benzene rings is 1. The minimum absolute atomic E-state index is 0.153. The van der Waals surface area contributed by atoms with E-state index in [2.05, 4.69) is 34.6 Å². The lowest BCUT2D eigenvalue weighted by atomic mass is 10.1. The molecule has 0 spiro atoms. The van der Waals surface area contributed by atoms with Crippen molar-refractivity contribution in [2.45, 2.75) is 13.1 Å². The van der Waals surface area contributed by atoms with Gasteiger partial charge < -0.3 is 10.9 Å². The van der Waals surface area contributed by atoms with Crippen LogP contribution in [0.3, 0.4) is 0 Å². The Hall–Kier alpha value is -1.85. The van der Waals surface area contributed by atoms with Crippen LogP contribution < -0.4 is 5.73 Å². The summed E-state index contributed by atoms with van der Waals surface area (Å²) in [6.45, 7) is 1.65. The number of hydrogen-bond acceptors (Lipinski definition) is 4. The zero-order chi connectivity index (χ0) is 13.7. The molecule has 2 rings (SSSR count). The topological polar surface area (TPSA) is 61.8 Å². The summed E-state index contributed by atoms with van der Waals surface area (Å²) in [5, 5.41) is 14.0. The molecule has 0 atom stereocenters. The van der Waals surface area contributed by atoms with Crippen molar-refractivity contribution in [3.05, 3.63) is 57.8 Å². The van der Waals surface area contributed by atoms with Crippen LogP contribution in [0.4, 0.5) is 0 Å². The Balaban J connectivity index is 2.10. The molecule has 0 fully saturated rings. The third kappa shape index (κ3) is 3.56. The van der Waals surface area contributed by atoms with Gasteiger partial charge in [-0.1, -0.05) is 35.5 Å². The molecule has 0 aliphatic rings. The lowest BCUT2D eigenvalue weighted by Gasteiger charge is -2.17. The minimum atomic E-state index is 0.153. The third-order valence-electron chi connectivity index (χ3n) is 2.85. The number of oxime groups is 1. The highest BCUT2D eigenvalue weighted by Gasteiger charge is 2.09. The van der Waals surface area contributed by atoms with E-state index in [4.69, 9.17) is 10.9 Å². The second-order valence-electron chi connectivity index (χ2n) is 4.39. The van der Waals surface area contributed by atoms with Crippen molar-refractivity contribution < 1.29 is 5.21 Å². The van der Waals surface area contributed by atoms with Crippen LogP contribution in [-0.4, -0.2) is 23.0 Å². The number of nitrogens with zero attached hydrogens (tertiary/aromatic N) is 2. The lowest BCUT2D eigenvalue weighted by molar-refractivity contribution is 0.316. The summed E-state index contributed by atoms with van der Waals surface area (Å²) in [6, 6.07) is 11.9. The average molecular weight is 275 g/mol. The first kappa shape index (κ1) is 13.6. The van der Waals surface area contributed by atoms with Gasteiger partial charge in [-0.25, -0.2) is 0 Å². The van der Waals surface area contributed by atoms with E-state index in [1.165, 1.54) is 4.88 Å². The van der Waals surface area contributed by atoms with Gasteiger partial charge in [0.25, 0.3) is 0 Å².